The first-order valence-corrected chi connectivity index (χ1v) is 10.8. The van der Waals surface area contributed by atoms with E-state index in [9.17, 15) is 9.59 Å². The SMILES string of the molecule is O=C1Nc2cc(Cl)ccc2N(C(=O)CCCCCNC2CCC2)c2ccccc21. The summed E-state index contributed by atoms with van der Waals surface area (Å²) in [5.41, 5.74) is 2.31. The fourth-order valence-corrected chi connectivity index (χ4v) is 4.03. The molecule has 1 fully saturated rings. The molecule has 0 unspecified atom stereocenters. The van der Waals surface area contributed by atoms with E-state index in [1.54, 1.807) is 35.2 Å². The zero-order valence-corrected chi connectivity index (χ0v) is 17.2. The molecule has 2 aliphatic rings. The second-order valence-corrected chi connectivity index (χ2v) is 8.19. The first kappa shape index (κ1) is 19.9. The van der Waals surface area contributed by atoms with Gasteiger partial charge in [0.25, 0.3) is 5.91 Å². The lowest BCUT2D eigenvalue weighted by Gasteiger charge is -2.26. The molecule has 2 N–H and O–H groups in total. The van der Waals surface area contributed by atoms with Crippen molar-refractivity contribution in [2.45, 2.75) is 51.0 Å². The van der Waals surface area contributed by atoms with Crippen LogP contribution in [-0.2, 0) is 4.79 Å². The summed E-state index contributed by atoms with van der Waals surface area (Å²) < 4.78 is 0. The van der Waals surface area contributed by atoms with Crippen LogP contribution in [0.3, 0.4) is 0 Å². The molecule has 0 bridgehead atoms. The topological polar surface area (TPSA) is 61.4 Å². The molecule has 0 saturated heterocycles. The summed E-state index contributed by atoms with van der Waals surface area (Å²) in [6.07, 6.45) is 7.28. The summed E-state index contributed by atoms with van der Waals surface area (Å²) in [6.45, 7) is 1.02. The van der Waals surface area contributed by atoms with Gasteiger partial charge in [0.15, 0.2) is 0 Å². The number of nitrogens with zero attached hydrogens (tertiary/aromatic N) is 1. The number of carbonyl (C=O) groups excluding carboxylic acids is 2. The van der Waals surface area contributed by atoms with Gasteiger partial charge in [0.2, 0.25) is 5.91 Å². The van der Waals surface area contributed by atoms with E-state index >= 15 is 0 Å². The number of benzene rings is 2. The highest BCUT2D eigenvalue weighted by atomic mass is 35.5. The van der Waals surface area contributed by atoms with Crippen LogP contribution in [0.5, 0.6) is 0 Å². The molecular weight excluding hydrogens is 386 g/mol. The van der Waals surface area contributed by atoms with E-state index in [0.717, 1.165) is 25.8 Å². The number of nitrogens with one attached hydrogen (secondary N) is 2. The van der Waals surface area contributed by atoms with E-state index in [1.165, 1.54) is 19.3 Å². The van der Waals surface area contributed by atoms with Gasteiger partial charge in [0.05, 0.1) is 22.6 Å². The molecule has 5 nitrogen and oxygen atoms in total. The lowest BCUT2D eigenvalue weighted by molar-refractivity contribution is -0.118. The van der Waals surface area contributed by atoms with Crippen LogP contribution in [0.25, 0.3) is 0 Å². The molecule has 6 heteroatoms. The van der Waals surface area contributed by atoms with Gasteiger partial charge >= 0.3 is 0 Å². The first-order chi connectivity index (χ1) is 14.1. The van der Waals surface area contributed by atoms with Crippen molar-refractivity contribution in [2.24, 2.45) is 0 Å². The van der Waals surface area contributed by atoms with Gasteiger partial charge in [0.1, 0.15) is 0 Å². The molecule has 0 atom stereocenters. The molecule has 2 amide bonds. The van der Waals surface area contributed by atoms with E-state index < -0.39 is 0 Å². The largest absolute Gasteiger partial charge is 0.320 e. The van der Waals surface area contributed by atoms with Gasteiger partial charge in [-0.3, -0.25) is 14.5 Å². The maximum atomic E-state index is 13.2. The Morgan fingerprint density at radius 1 is 1.10 bits per heavy atom. The van der Waals surface area contributed by atoms with Crippen LogP contribution < -0.4 is 15.5 Å². The molecular formula is C23H26ClN3O2. The molecule has 4 rings (SSSR count). The smallest absolute Gasteiger partial charge is 0.257 e. The third kappa shape index (κ3) is 4.46. The molecule has 1 aliphatic heterocycles. The van der Waals surface area contributed by atoms with Gasteiger partial charge in [-0.2, -0.15) is 0 Å². The van der Waals surface area contributed by atoms with Crippen molar-refractivity contribution < 1.29 is 9.59 Å². The summed E-state index contributed by atoms with van der Waals surface area (Å²) in [6, 6.07) is 13.1. The number of rotatable bonds is 7. The van der Waals surface area contributed by atoms with Crippen molar-refractivity contribution in [3.8, 4) is 0 Å². The monoisotopic (exact) mass is 411 g/mol. The number of hydrogen-bond acceptors (Lipinski definition) is 3. The maximum Gasteiger partial charge on any atom is 0.257 e. The number of amides is 2. The molecule has 1 heterocycles. The highest BCUT2D eigenvalue weighted by Gasteiger charge is 2.29. The Morgan fingerprint density at radius 2 is 1.93 bits per heavy atom. The molecule has 0 aromatic heterocycles. The van der Waals surface area contributed by atoms with Gasteiger partial charge in [-0.15, -0.1) is 0 Å². The Labute approximate surface area is 176 Å². The van der Waals surface area contributed by atoms with Crippen molar-refractivity contribution in [2.75, 3.05) is 16.8 Å². The number of carbonyl (C=O) groups is 2. The zero-order chi connectivity index (χ0) is 20.2. The van der Waals surface area contributed by atoms with Crippen LogP contribution >= 0.6 is 11.6 Å². The summed E-state index contributed by atoms with van der Waals surface area (Å²) >= 11 is 6.12. The van der Waals surface area contributed by atoms with Gasteiger partial charge in [-0.25, -0.2) is 0 Å². The van der Waals surface area contributed by atoms with Gasteiger partial charge in [-0.05, 0) is 62.6 Å². The van der Waals surface area contributed by atoms with E-state index in [4.69, 9.17) is 11.6 Å². The molecule has 1 aliphatic carbocycles. The summed E-state index contributed by atoms with van der Waals surface area (Å²) in [7, 11) is 0. The van der Waals surface area contributed by atoms with Gasteiger partial charge in [-0.1, -0.05) is 36.6 Å². The maximum absolute atomic E-state index is 13.2. The standard InChI is InChI=1S/C23H26ClN3O2/c24-16-12-13-21-19(15-16)26-23(29)18-9-3-4-10-20(18)27(21)22(28)11-2-1-5-14-25-17-7-6-8-17/h3-4,9-10,12-13,15,17,25H,1-2,5-8,11,14H2,(H,26,29). The highest BCUT2D eigenvalue weighted by Crippen LogP contribution is 2.39. The number of anilines is 3. The molecule has 2 aromatic carbocycles. The predicted molar refractivity (Wildman–Crippen MR) is 117 cm³/mol. The number of hydrogen-bond donors (Lipinski definition) is 2. The average molecular weight is 412 g/mol. The van der Waals surface area contributed by atoms with Crippen LogP contribution in [-0.4, -0.2) is 24.4 Å². The van der Waals surface area contributed by atoms with E-state index in [0.29, 0.717) is 40.1 Å². The van der Waals surface area contributed by atoms with Crippen LogP contribution in [0, 0.1) is 0 Å². The third-order valence-electron chi connectivity index (χ3n) is 5.69. The summed E-state index contributed by atoms with van der Waals surface area (Å²) in [4.78, 5) is 27.5. The minimum absolute atomic E-state index is 0.00975. The average Bonchev–Trinajstić information content (AvgIpc) is 2.79. The van der Waals surface area contributed by atoms with Gasteiger partial charge in [0, 0.05) is 17.5 Å². The Kier molecular flexibility index (Phi) is 6.16. The van der Waals surface area contributed by atoms with Crippen LogP contribution in [0.2, 0.25) is 5.02 Å². The highest BCUT2D eigenvalue weighted by molar-refractivity contribution is 6.31. The predicted octanol–water partition coefficient (Wildman–Crippen LogP) is 5.27. The molecule has 2 aromatic rings. The van der Waals surface area contributed by atoms with Crippen LogP contribution in [0.15, 0.2) is 42.5 Å². The van der Waals surface area contributed by atoms with Crippen molar-refractivity contribution in [1.29, 1.82) is 0 Å². The number of para-hydroxylation sites is 1. The third-order valence-corrected chi connectivity index (χ3v) is 5.93. The van der Waals surface area contributed by atoms with Crippen molar-refractivity contribution in [3.63, 3.8) is 0 Å². The number of fused-ring (bicyclic) bond motifs is 2. The molecule has 0 spiro atoms. The van der Waals surface area contributed by atoms with Crippen LogP contribution in [0.4, 0.5) is 17.1 Å². The van der Waals surface area contributed by atoms with E-state index in [2.05, 4.69) is 10.6 Å². The molecule has 1 saturated carbocycles. The lowest BCUT2D eigenvalue weighted by Crippen LogP contribution is -2.35. The second-order valence-electron chi connectivity index (χ2n) is 7.75. The lowest BCUT2D eigenvalue weighted by atomic mass is 9.93. The number of unbranched alkanes of at least 4 members (excludes halogenated alkanes) is 2. The fraction of sp³-hybridized carbons (Fsp3) is 0.391. The van der Waals surface area contributed by atoms with E-state index in [-0.39, 0.29) is 11.8 Å². The van der Waals surface area contributed by atoms with Crippen molar-refractivity contribution in [1.82, 2.24) is 5.32 Å². The fourth-order valence-electron chi connectivity index (χ4n) is 3.86. The van der Waals surface area contributed by atoms with E-state index in [1.807, 2.05) is 12.1 Å². The van der Waals surface area contributed by atoms with Crippen molar-refractivity contribution in [3.05, 3.63) is 53.1 Å². The Balaban J connectivity index is 1.47. The normalized spacial score (nSPS) is 15.8. The van der Waals surface area contributed by atoms with Crippen molar-refractivity contribution >= 4 is 40.5 Å². The van der Waals surface area contributed by atoms with Gasteiger partial charge < -0.3 is 10.6 Å². The zero-order valence-electron chi connectivity index (χ0n) is 16.4. The second kappa shape index (κ2) is 8.97. The summed E-state index contributed by atoms with van der Waals surface area (Å²) in [5.74, 6) is -0.244. The molecule has 0 radical (unpaired) electrons. The molecule has 29 heavy (non-hydrogen) atoms. The Morgan fingerprint density at radius 3 is 2.72 bits per heavy atom. The summed E-state index contributed by atoms with van der Waals surface area (Å²) in [5, 5.41) is 6.96. The Bertz CT molecular complexity index is 911. The first-order valence-electron chi connectivity index (χ1n) is 10.4. The van der Waals surface area contributed by atoms with Crippen LogP contribution in [0.1, 0.15) is 55.3 Å². The molecule has 152 valence electrons. The quantitative estimate of drug-likeness (QED) is 0.610. The Hall–Kier alpha value is -2.37. The number of halogens is 1. The minimum atomic E-state index is -0.235. The minimum Gasteiger partial charge on any atom is -0.320 e.